The predicted octanol–water partition coefficient (Wildman–Crippen LogP) is 1.70. The number of carbonyl (C=O) groups is 1. The number of hydrogen-bond donors (Lipinski definition) is 3. The Hall–Kier alpha value is -3.02. The standard InChI is InChI=1S/C19H24N4O2/c1-21-19(22-12-11-14-5-9-17(25-2)10-6-14)23-13-15-3-7-16(8-4-15)18(20)24/h3-10H,11-13H2,1-2H3,(H2,20,24)(H2,21,22,23). The molecule has 0 aliphatic heterocycles. The number of amides is 1. The van der Waals surface area contributed by atoms with Crippen LogP contribution >= 0.6 is 0 Å². The van der Waals surface area contributed by atoms with E-state index in [1.165, 1.54) is 5.56 Å². The van der Waals surface area contributed by atoms with Gasteiger partial charge in [0.1, 0.15) is 5.75 Å². The first kappa shape index (κ1) is 18.3. The van der Waals surface area contributed by atoms with Crippen molar-refractivity contribution in [3.05, 3.63) is 65.2 Å². The highest BCUT2D eigenvalue weighted by molar-refractivity contribution is 5.92. The maximum absolute atomic E-state index is 11.1. The number of ether oxygens (including phenoxy) is 1. The van der Waals surface area contributed by atoms with Crippen LogP contribution < -0.4 is 21.1 Å². The van der Waals surface area contributed by atoms with Gasteiger partial charge in [-0.05, 0) is 41.8 Å². The molecule has 4 N–H and O–H groups in total. The van der Waals surface area contributed by atoms with E-state index >= 15 is 0 Å². The number of rotatable bonds is 7. The van der Waals surface area contributed by atoms with E-state index in [9.17, 15) is 4.79 Å². The van der Waals surface area contributed by atoms with Crippen LogP contribution in [0.4, 0.5) is 0 Å². The van der Waals surface area contributed by atoms with Gasteiger partial charge in [0.05, 0.1) is 7.11 Å². The first-order valence-electron chi connectivity index (χ1n) is 8.08. The van der Waals surface area contributed by atoms with Gasteiger partial charge in [-0.25, -0.2) is 0 Å². The summed E-state index contributed by atoms with van der Waals surface area (Å²) in [6.07, 6.45) is 0.887. The van der Waals surface area contributed by atoms with Crippen molar-refractivity contribution in [2.24, 2.45) is 10.7 Å². The Morgan fingerprint density at radius 3 is 2.24 bits per heavy atom. The summed E-state index contributed by atoms with van der Waals surface area (Å²) in [5, 5.41) is 6.52. The number of benzene rings is 2. The lowest BCUT2D eigenvalue weighted by molar-refractivity contribution is 0.100. The van der Waals surface area contributed by atoms with E-state index in [0.717, 1.165) is 30.2 Å². The Morgan fingerprint density at radius 1 is 1.04 bits per heavy atom. The van der Waals surface area contributed by atoms with Gasteiger partial charge < -0.3 is 21.1 Å². The zero-order valence-electron chi connectivity index (χ0n) is 14.6. The number of nitrogens with zero attached hydrogens (tertiary/aromatic N) is 1. The summed E-state index contributed by atoms with van der Waals surface area (Å²) in [5.41, 5.74) is 8.01. The average Bonchev–Trinajstić information content (AvgIpc) is 2.65. The van der Waals surface area contributed by atoms with Crippen LogP contribution in [0.3, 0.4) is 0 Å². The van der Waals surface area contributed by atoms with E-state index in [4.69, 9.17) is 10.5 Å². The molecule has 2 aromatic rings. The molecule has 0 atom stereocenters. The van der Waals surface area contributed by atoms with Crippen LogP contribution in [0.1, 0.15) is 21.5 Å². The van der Waals surface area contributed by atoms with Crippen molar-refractivity contribution in [1.82, 2.24) is 10.6 Å². The van der Waals surface area contributed by atoms with Gasteiger partial charge in [-0.2, -0.15) is 0 Å². The lowest BCUT2D eigenvalue weighted by Gasteiger charge is -2.12. The molecule has 0 fully saturated rings. The third-order valence-corrected chi connectivity index (χ3v) is 3.79. The van der Waals surface area contributed by atoms with E-state index in [1.54, 1.807) is 26.3 Å². The minimum atomic E-state index is -0.421. The number of aliphatic imine (C=N–C) groups is 1. The fraction of sp³-hybridized carbons (Fsp3) is 0.263. The van der Waals surface area contributed by atoms with E-state index in [2.05, 4.69) is 27.8 Å². The van der Waals surface area contributed by atoms with Gasteiger partial charge in [0.25, 0.3) is 0 Å². The Kier molecular flexibility index (Phi) is 6.83. The van der Waals surface area contributed by atoms with Crippen molar-refractivity contribution >= 4 is 11.9 Å². The molecule has 6 heteroatoms. The molecular formula is C19H24N4O2. The minimum absolute atomic E-state index is 0.421. The van der Waals surface area contributed by atoms with E-state index in [0.29, 0.717) is 12.1 Å². The van der Waals surface area contributed by atoms with E-state index < -0.39 is 5.91 Å². The Balaban J connectivity index is 1.77. The number of carbonyl (C=O) groups excluding carboxylic acids is 1. The second kappa shape index (κ2) is 9.32. The third kappa shape index (κ3) is 5.84. The second-order valence-corrected chi connectivity index (χ2v) is 5.51. The molecule has 6 nitrogen and oxygen atoms in total. The number of hydrogen-bond acceptors (Lipinski definition) is 3. The molecule has 0 unspecified atom stereocenters. The zero-order valence-corrected chi connectivity index (χ0v) is 14.6. The van der Waals surface area contributed by atoms with Gasteiger partial charge in [0, 0.05) is 25.7 Å². The van der Waals surface area contributed by atoms with Crippen LogP contribution in [0, 0.1) is 0 Å². The summed E-state index contributed by atoms with van der Waals surface area (Å²) in [6, 6.07) is 15.2. The molecule has 0 saturated carbocycles. The third-order valence-electron chi connectivity index (χ3n) is 3.79. The predicted molar refractivity (Wildman–Crippen MR) is 99.9 cm³/mol. The van der Waals surface area contributed by atoms with Crippen LogP contribution in [-0.2, 0) is 13.0 Å². The number of nitrogens with two attached hydrogens (primary N) is 1. The Bertz CT molecular complexity index is 709. The highest BCUT2D eigenvalue weighted by Crippen LogP contribution is 2.11. The largest absolute Gasteiger partial charge is 0.497 e. The summed E-state index contributed by atoms with van der Waals surface area (Å²) >= 11 is 0. The van der Waals surface area contributed by atoms with Crippen LogP contribution in [0.5, 0.6) is 5.75 Å². The fourth-order valence-corrected chi connectivity index (χ4v) is 2.31. The molecule has 0 aliphatic carbocycles. The molecule has 0 spiro atoms. The normalized spacial score (nSPS) is 11.0. The highest BCUT2D eigenvalue weighted by Gasteiger charge is 2.02. The van der Waals surface area contributed by atoms with E-state index in [-0.39, 0.29) is 0 Å². The topological polar surface area (TPSA) is 88.7 Å². The van der Waals surface area contributed by atoms with Crippen molar-refractivity contribution in [3.63, 3.8) is 0 Å². The summed E-state index contributed by atoms with van der Waals surface area (Å²) in [5.74, 6) is 1.17. The highest BCUT2D eigenvalue weighted by atomic mass is 16.5. The SMILES string of the molecule is CN=C(NCCc1ccc(OC)cc1)NCc1ccc(C(N)=O)cc1. The molecule has 2 rings (SSSR count). The lowest BCUT2D eigenvalue weighted by atomic mass is 10.1. The molecule has 0 saturated heterocycles. The smallest absolute Gasteiger partial charge is 0.248 e. The van der Waals surface area contributed by atoms with Gasteiger partial charge in [0.15, 0.2) is 5.96 Å². The molecule has 25 heavy (non-hydrogen) atoms. The van der Waals surface area contributed by atoms with Gasteiger partial charge in [-0.3, -0.25) is 9.79 Å². The number of methoxy groups -OCH3 is 1. The summed E-state index contributed by atoms with van der Waals surface area (Å²) in [6.45, 7) is 1.38. The summed E-state index contributed by atoms with van der Waals surface area (Å²) in [4.78, 5) is 15.3. The number of guanidine groups is 1. The Labute approximate surface area is 148 Å². The van der Waals surface area contributed by atoms with Crippen molar-refractivity contribution in [2.75, 3.05) is 20.7 Å². The van der Waals surface area contributed by atoms with Gasteiger partial charge >= 0.3 is 0 Å². The molecule has 0 aliphatic rings. The lowest BCUT2D eigenvalue weighted by Crippen LogP contribution is -2.37. The molecule has 1 amide bonds. The van der Waals surface area contributed by atoms with Crippen molar-refractivity contribution in [2.45, 2.75) is 13.0 Å². The van der Waals surface area contributed by atoms with Crippen molar-refractivity contribution in [3.8, 4) is 5.75 Å². The van der Waals surface area contributed by atoms with Crippen molar-refractivity contribution in [1.29, 1.82) is 0 Å². The van der Waals surface area contributed by atoms with Crippen LogP contribution in [0.15, 0.2) is 53.5 Å². The van der Waals surface area contributed by atoms with Crippen LogP contribution in [-0.4, -0.2) is 32.6 Å². The fourth-order valence-electron chi connectivity index (χ4n) is 2.31. The average molecular weight is 340 g/mol. The quantitative estimate of drug-likeness (QED) is 0.529. The minimum Gasteiger partial charge on any atom is -0.497 e. The summed E-state index contributed by atoms with van der Waals surface area (Å²) in [7, 11) is 3.40. The Morgan fingerprint density at radius 2 is 1.68 bits per heavy atom. The molecule has 2 aromatic carbocycles. The van der Waals surface area contributed by atoms with Gasteiger partial charge in [0.2, 0.25) is 5.91 Å². The maximum atomic E-state index is 11.1. The maximum Gasteiger partial charge on any atom is 0.248 e. The molecule has 0 bridgehead atoms. The van der Waals surface area contributed by atoms with Crippen molar-refractivity contribution < 1.29 is 9.53 Å². The first-order chi connectivity index (χ1) is 12.1. The second-order valence-electron chi connectivity index (χ2n) is 5.51. The molecule has 0 radical (unpaired) electrons. The molecule has 0 aromatic heterocycles. The first-order valence-corrected chi connectivity index (χ1v) is 8.08. The summed E-state index contributed by atoms with van der Waals surface area (Å²) < 4.78 is 5.15. The monoisotopic (exact) mass is 340 g/mol. The molecule has 132 valence electrons. The zero-order chi connectivity index (χ0) is 18.1. The van der Waals surface area contributed by atoms with Gasteiger partial charge in [-0.15, -0.1) is 0 Å². The van der Waals surface area contributed by atoms with Crippen LogP contribution in [0.2, 0.25) is 0 Å². The van der Waals surface area contributed by atoms with Crippen LogP contribution in [0.25, 0.3) is 0 Å². The van der Waals surface area contributed by atoms with E-state index in [1.807, 2.05) is 24.3 Å². The molecular weight excluding hydrogens is 316 g/mol. The number of nitrogens with one attached hydrogen (secondary N) is 2. The number of primary amides is 1. The van der Waals surface area contributed by atoms with Gasteiger partial charge in [-0.1, -0.05) is 24.3 Å². The molecule has 0 heterocycles.